The van der Waals surface area contributed by atoms with E-state index < -0.39 is 6.04 Å². The third-order valence-electron chi connectivity index (χ3n) is 7.77. The third-order valence-corrected chi connectivity index (χ3v) is 8.97. The fourth-order valence-corrected chi connectivity index (χ4v) is 5.95. The Morgan fingerprint density at radius 1 is 1.21 bits per heavy atom. The molecule has 1 fully saturated rings. The van der Waals surface area contributed by atoms with Gasteiger partial charge in [0, 0.05) is 29.5 Å². The molecule has 1 saturated heterocycles. The Balaban J connectivity index is 2.35. The molecule has 5 atom stereocenters. The maximum absolute atomic E-state index is 14.3. The van der Waals surface area contributed by atoms with Gasteiger partial charge in [0.25, 0.3) is 0 Å². The number of piperidine rings is 1. The summed E-state index contributed by atoms with van der Waals surface area (Å²) >= 11 is 1.63. The lowest BCUT2D eigenvalue weighted by Gasteiger charge is -2.39. The molecule has 2 heterocycles. The Labute approximate surface area is 233 Å². The molecule has 0 spiro atoms. The lowest BCUT2D eigenvalue weighted by molar-refractivity contribution is -0.159. The van der Waals surface area contributed by atoms with Gasteiger partial charge in [-0.3, -0.25) is 19.3 Å². The summed E-state index contributed by atoms with van der Waals surface area (Å²) in [5, 5.41) is 6.20. The number of carbonyl (C=O) groups is 3. The molecule has 2 amide bonds. The van der Waals surface area contributed by atoms with Gasteiger partial charge in [0.05, 0.1) is 11.0 Å². The smallest absolute Gasteiger partial charge is 0.307 e. The van der Waals surface area contributed by atoms with Crippen LogP contribution in [0.3, 0.4) is 0 Å². The Hall–Kier alpha value is -2.00. The first kappa shape index (κ1) is 32.2. The number of hydrogen-bond donors (Lipinski definition) is 1. The van der Waals surface area contributed by atoms with E-state index in [1.54, 1.807) is 16.2 Å². The van der Waals surface area contributed by atoms with E-state index in [0.717, 1.165) is 42.9 Å². The van der Waals surface area contributed by atoms with Crippen molar-refractivity contribution >= 4 is 29.1 Å². The van der Waals surface area contributed by atoms with Crippen molar-refractivity contribution in [1.29, 1.82) is 0 Å². The first-order valence-corrected chi connectivity index (χ1v) is 15.3. The van der Waals surface area contributed by atoms with Crippen LogP contribution in [0.25, 0.3) is 0 Å². The zero-order valence-electron chi connectivity index (χ0n) is 24.8. The maximum atomic E-state index is 14.3. The zero-order chi connectivity index (χ0) is 28.4. The highest BCUT2D eigenvalue weighted by Gasteiger charge is 2.38. The molecule has 216 valence electrons. The molecule has 9 heteroatoms. The average Bonchev–Trinajstić information content (AvgIpc) is 3.32. The minimum absolute atomic E-state index is 0.0685. The topological polar surface area (TPSA) is 91.8 Å². The molecule has 0 saturated carbocycles. The molecular weight excluding hydrogens is 500 g/mol. The van der Waals surface area contributed by atoms with Gasteiger partial charge in [-0.25, -0.2) is 4.98 Å². The molecule has 0 bridgehead atoms. The fraction of sp³-hybridized carbons (Fsp3) is 0.793. The lowest BCUT2D eigenvalue weighted by Crippen LogP contribution is -2.59. The number of aryl methyl sites for hydroxylation is 1. The normalized spacial score (nSPS) is 19.4. The van der Waals surface area contributed by atoms with Crippen LogP contribution in [-0.2, 0) is 19.1 Å². The molecule has 1 aromatic heterocycles. The van der Waals surface area contributed by atoms with Gasteiger partial charge in [-0.05, 0) is 58.0 Å². The van der Waals surface area contributed by atoms with Crippen LogP contribution in [0.2, 0.25) is 0 Å². The number of nitrogens with one attached hydrogen (secondary N) is 1. The molecule has 0 aromatic carbocycles. The van der Waals surface area contributed by atoms with Crippen molar-refractivity contribution in [2.24, 2.45) is 11.8 Å². The highest BCUT2D eigenvalue weighted by molar-refractivity contribution is 7.09. The minimum atomic E-state index is -0.689. The van der Waals surface area contributed by atoms with E-state index in [1.165, 1.54) is 0 Å². The molecule has 1 aliphatic heterocycles. The number of amides is 2. The van der Waals surface area contributed by atoms with E-state index in [0.29, 0.717) is 19.3 Å². The second-order valence-electron chi connectivity index (χ2n) is 11.3. The second kappa shape index (κ2) is 15.6. The van der Waals surface area contributed by atoms with E-state index in [9.17, 15) is 14.4 Å². The Morgan fingerprint density at radius 3 is 2.47 bits per heavy atom. The van der Waals surface area contributed by atoms with Gasteiger partial charge >= 0.3 is 5.97 Å². The van der Waals surface area contributed by atoms with Crippen LogP contribution in [0.15, 0.2) is 5.38 Å². The number of likely N-dealkylation sites (tertiary alicyclic amines) is 1. The first-order valence-electron chi connectivity index (χ1n) is 14.4. The molecule has 1 aliphatic rings. The summed E-state index contributed by atoms with van der Waals surface area (Å²) in [5.41, 5.74) is 0.992. The number of carbonyl (C=O) groups excluding carboxylic acids is 3. The van der Waals surface area contributed by atoms with Crippen molar-refractivity contribution < 1.29 is 19.1 Å². The van der Waals surface area contributed by atoms with Gasteiger partial charge in [0.2, 0.25) is 11.8 Å². The van der Waals surface area contributed by atoms with Crippen molar-refractivity contribution in [1.82, 2.24) is 20.1 Å². The number of thiazole rings is 1. The summed E-state index contributed by atoms with van der Waals surface area (Å²) in [6, 6.07) is -1.10. The molecule has 0 aliphatic carbocycles. The molecule has 1 N–H and O–H groups in total. The highest BCUT2D eigenvalue weighted by Crippen LogP contribution is 2.30. The lowest BCUT2D eigenvalue weighted by atomic mass is 9.90. The number of ether oxygens (including phenoxy) is 1. The van der Waals surface area contributed by atoms with Crippen molar-refractivity contribution in [3.05, 3.63) is 16.1 Å². The molecule has 2 unspecified atom stereocenters. The summed E-state index contributed by atoms with van der Waals surface area (Å²) in [7, 11) is 1.97. The predicted molar refractivity (Wildman–Crippen MR) is 153 cm³/mol. The van der Waals surface area contributed by atoms with Crippen molar-refractivity contribution in [3.63, 3.8) is 0 Å². The minimum Gasteiger partial charge on any atom is -0.444 e. The van der Waals surface area contributed by atoms with Gasteiger partial charge in [0.1, 0.15) is 6.04 Å². The van der Waals surface area contributed by atoms with E-state index in [1.807, 2.05) is 40.1 Å². The Bertz CT molecular complexity index is 905. The molecule has 38 heavy (non-hydrogen) atoms. The third kappa shape index (κ3) is 9.04. The SMILES string of the molecule is CCCC(=O)OCN(C(=O)[C@@H](NC(=O)C1CCCCN1C)C(C)CC)[C@H](C[C@@H](C)c1nc(C)cs1)C(C)C. The predicted octanol–water partition coefficient (Wildman–Crippen LogP) is 5.11. The van der Waals surface area contributed by atoms with Gasteiger partial charge < -0.3 is 15.0 Å². The number of rotatable bonds is 14. The fourth-order valence-electron chi connectivity index (χ4n) is 5.08. The molecule has 2 rings (SSSR count). The largest absolute Gasteiger partial charge is 0.444 e. The van der Waals surface area contributed by atoms with Gasteiger partial charge in [0.15, 0.2) is 6.73 Å². The van der Waals surface area contributed by atoms with Crippen LogP contribution in [0.4, 0.5) is 0 Å². The Kier molecular flexibility index (Phi) is 13.2. The van der Waals surface area contributed by atoms with E-state index in [-0.39, 0.29) is 54.4 Å². The zero-order valence-corrected chi connectivity index (χ0v) is 25.6. The molecule has 0 radical (unpaired) electrons. The number of aromatic nitrogens is 1. The van der Waals surface area contributed by atoms with E-state index in [4.69, 9.17) is 4.74 Å². The monoisotopic (exact) mass is 550 g/mol. The van der Waals surface area contributed by atoms with Crippen molar-refractivity contribution in [2.45, 2.75) is 117 Å². The van der Waals surface area contributed by atoms with Crippen LogP contribution in [0.1, 0.15) is 103 Å². The van der Waals surface area contributed by atoms with E-state index in [2.05, 4.69) is 36.0 Å². The number of hydrogen-bond acceptors (Lipinski definition) is 7. The summed E-state index contributed by atoms with van der Waals surface area (Å²) in [4.78, 5) is 48.4. The first-order chi connectivity index (χ1) is 18.0. The highest BCUT2D eigenvalue weighted by atomic mass is 32.1. The quantitative estimate of drug-likeness (QED) is 0.256. The van der Waals surface area contributed by atoms with Crippen LogP contribution in [0.5, 0.6) is 0 Å². The molecular formula is C29H50N4O4S. The summed E-state index contributed by atoms with van der Waals surface area (Å²) in [5.74, 6) is -0.413. The van der Waals surface area contributed by atoms with Crippen LogP contribution < -0.4 is 5.32 Å². The molecule has 1 aromatic rings. The van der Waals surface area contributed by atoms with Gasteiger partial charge in [-0.2, -0.15) is 0 Å². The summed E-state index contributed by atoms with van der Waals surface area (Å²) in [6.45, 7) is 15.0. The number of nitrogens with zero attached hydrogens (tertiary/aromatic N) is 3. The maximum Gasteiger partial charge on any atom is 0.307 e. The van der Waals surface area contributed by atoms with Crippen LogP contribution in [-0.4, -0.2) is 71.0 Å². The summed E-state index contributed by atoms with van der Waals surface area (Å²) in [6.07, 6.45) is 5.30. The van der Waals surface area contributed by atoms with Crippen LogP contribution in [0, 0.1) is 18.8 Å². The second-order valence-corrected chi connectivity index (χ2v) is 12.2. The Morgan fingerprint density at radius 2 is 1.92 bits per heavy atom. The summed E-state index contributed by atoms with van der Waals surface area (Å²) < 4.78 is 5.62. The average molecular weight is 551 g/mol. The molecule has 8 nitrogen and oxygen atoms in total. The van der Waals surface area contributed by atoms with Gasteiger partial charge in [-0.15, -0.1) is 11.3 Å². The van der Waals surface area contributed by atoms with E-state index >= 15 is 0 Å². The number of likely N-dealkylation sites (N-methyl/N-ethyl adjacent to an activating group) is 1. The van der Waals surface area contributed by atoms with Crippen molar-refractivity contribution in [2.75, 3.05) is 20.3 Å². The standard InChI is InChI=1S/C29H50N4O4S/c1-9-13-25(34)37-18-33(24(19(3)4)16-21(6)28-30-22(7)17-38-28)29(36)26(20(5)10-2)31-27(35)23-14-11-12-15-32(23)8/h17,19-21,23-24,26H,9-16,18H2,1-8H3,(H,31,35)/t20?,21-,23?,24-,26+/m1/s1. The van der Waals surface area contributed by atoms with Crippen molar-refractivity contribution in [3.8, 4) is 0 Å². The van der Waals surface area contributed by atoms with Gasteiger partial charge in [-0.1, -0.05) is 54.4 Å². The van der Waals surface area contributed by atoms with Crippen LogP contribution >= 0.6 is 11.3 Å². The number of esters is 1.